The number of imidazole rings is 1. The second-order valence-corrected chi connectivity index (χ2v) is 3.54. The number of benzene rings is 1. The number of para-hydroxylation sites is 1. The zero-order valence-corrected chi connectivity index (χ0v) is 9.07. The van der Waals surface area contributed by atoms with Gasteiger partial charge in [0.2, 0.25) is 0 Å². The van der Waals surface area contributed by atoms with Crippen LogP contribution < -0.4 is 0 Å². The van der Waals surface area contributed by atoms with Crippen molar-refractivity contribution in [2.75, 3.05) is 0 Å². The van der Waals surface area contributed by atoms with Crippen LogP contribution in [0.2, 0.25) is 0 Å². The fourth-order valence-corrected chi connectivity index (χ4v) is 1.69. The molecule has 0 amide bonds. The summed E-state index contributed by atoms with van der Waals surface area (Å²) < 4.78 is 0. The summed E-state index contributed by atoms with van der Waals surface area (Å²) in [6.07, 6.45) is 0.774. The van der Waals surface area contributed by atoms with Gasteiger partial charge in [-0.2, -0.15) is 0 Å². The molecule has 4 heteroatoms. The van der Waals surface area contributed by atoms with Gasteiger partial charge < -0.3 is 15.2 Å². The Bertz CT molecular complexity index is 492. The molecule has 0 aliphatic heterocycles. The zero-order valence-electron chi connectivity index (χ0n) is 9.07. The largest absolute Gasteiger partial charge is 0.507 e. The van der Waals surface area contributed by atoms with E-state index in [1.54, 1.807) is 12.1 Å². The molecule has 0 bridgehead atoms. The first kappa shape index (κ1) is 10.7. The van der Waals surface area contributed by atoms with Crippen molar-refractivity contribution >= 4 is 0 Å². The SMILES string of the molecule is CCc1[nH]c(CO)nc1-c1ccccc1O. The number of aryl methyl sites for hydroxylation is 1. The van der Waals surface area contributed by atoms with Crippen molar-refractivity contribution in [1.29, 1.82) is 0 Å². The molecule has 4 nitrogen and oxygen atoms in total. The molecule has 2 rings (SSSR count). The van der Waals surface area contributed by atoms with Gasteiger partial charge in [-0.1, -0.05) is 19.1 Å². The van der Waals surface area contributed by atoms with Gasteiger partial charge in [0.25, 0.3) is 0 Å². The lowest BCUT2D eigenvalue weighted by molar-refractivity contribution is 0.272. The highest BCUT2D eigenvalue weighted by atomic mass is 16.3. The Morgan fingerprint density at radius 1 is 1.31 bits per heavy atom. The van der Waals surface area contributed by atoms with Crippen molar-refractivity contribution < 1.29 is 10.2 Å². The highest BCUT2D eigenvalue weighted by molar-refractivity contribution is 5.68. The molecule has 0 saturated carbocycles. The number of H-pyrrole nitrogens is 1. The summed E-state index contributed by atoms with van der Waals surface area (Å²) in [6.45, 7) is 1.87. The Balaban J connectivity index is 2.54. The van der Waals surface area contributed by atoms with Crippen LogP contribution in [0.1, 0.15) is 18.4 Å². The van der Waals surface area contributed by atoms with E-state index in [2.05, 4.69) is 9.97 Å². The van der Waals surface area contributed by atoms with Crippen LogP contribution in [0.3, 0.4) is 0 Å². The number of phenolic OH excluding ortho intramolecular Hbond substituents is 1. The van der Waals surface area contributed by atoms with E-state index in [4.69, 9.17) is 5.11 Å². The van der Waals surface area contributed by atoms with Gasteiger partial charge in [0, 0.05) is 11.3 Å². The molecule has 3 N–H and O–H groups in total. The Morgan fingerprint density at radius 2 is 2.06 bits per heavy atom. The van der Waals surface area contributed by atoms with E-state index in [9.17, 15) is 5.11 Å². The number of aromatic hydroxyl groups is 1. The molecular weight excluding hydrogens is 204 g/mol. The minimum atomic E-state index is -0.124. The van der Waals surface area contributed by atoms with Gasteiger partial charge in [-0.15, -0.1) is 0 Å². The lowest BCUT2D eigenvalue weighted by atomic mass is 10.1. The fraction of sp³-hybridized carbons (Fsp3) is 0.250. The molecule has 0 aliphatic carbocycles. The summed E-state index contributed by atoms with van der Waals surface area (Å²) >= 11 is 0. The molecule has 0 unspecified atom stereocenters. The molecule has 1 heterocycles. The van der Waals surface area contributed by atoms with Crippen LogP contribution in [0.25, 0.3) is 11.3 Å². The van der Waals surface area contributed by atoms with Crippen LogP contribution in [-0.4, -0.2) is 20.2 Å². The second kappa shape index (κ2) is 4.37. The van der Waals surface area contributed by atoms with Crippen LogP contribution in [0.4, 0.5) is 0 Å². The predicted octanol–water partition coefficient (Wildman–Crippen LogP) is 1.84. The molecule has 0 atom stereocenters. The number of aromatic amines is 1. The van der Waals surface area contributed by atoms with Crippen molar-refractivity contribution in [2.45, 2.75) is 20.0 Å². The number of aromatic nitrogens is 2. The Morgan fingerprint density at radius 3 is 2.69 bits per heavy atom. The monoisotopic (exact) mass is 218 g/mol. The van der Waals surface area contributed by atoms with Crippen LogP contribution in [0, 0.1) is 0 Å². The van der Waals surface area contributed by atoms with Crippen molar-refractivity contribution in [3.05, 3.63) is 35.8 Å². The second-order valence-electron chi connectivity index (χ2n) is 3.54. The highest BCUT2D eigenvalue weighted by Crippen LogP contribution is 2.29. The Labute approximate surface area is 93.6 Å². The first-order valence-corrected chi connectivity index (χ1v) is 5.23. The number of hydrogen-bond acceptors (Lipinski definition) is 3. The summed E-state index contributed by atoms with van der Waals surface area (Å²) in [4.78, 5) is 7.30. The average molecular weight is 218 g/mol. The van der Waals surface area contributed by atoms with Gasteiger partial charge in [-0.3, -0.25) is 0 Å². The van der Waals surface area contributed by atoms with Gasteiger partial charge in [-0.05, 0) is 18.6 Å². The molecule has 0 saturated heterocycles. The summed E-state index contributed by atoms with van der Waals surface area (Å²) in [7, 11) is 0. The van der Waals surface area contributed by atoms with Gasteiger partial charge in [-0.25, -0.2) is 4.98 Å². The van der Waals surface area contributed by atoms with E-state index in [-0.39, 0.29) is 12.4 Å². The lowest BCUT2D eigenvalue weighted by Crippen LogP contribution is -1.86. The third-order valence-corrected chi connectivity index (χ3v) is 2.49. The maximum atomic E-state index is 9.75. The average Bonchev–Trinajstić information content (AvgIpc) is 2.72. The third kappa shape index (κ3) is 1.79. The van der Waals surface area contributed by atoms with Gasteiger partial charge in [0.15, 0.2) is 0 Å². The zero-order chi connectivity index (χ0) is 11.5. The Hall–Kier alpha value is -1.81. The molecule has 0 fully saturated rings. The number of rotatable bonds is 3. The number of aliphatic hydroxyl groups is 1. The van der Waals surface area contributed by atoms with Crippen LogP contribution >= 0.6 is 0 Å². The van der Waals surface area contributed by atoms with Crippen LogP contribution in [-0.2, 0) is 13.0 Å². The highest BCUT2D eigenvalue weighted by Gasteiger charge is 2.13. The first-order chi connectivity index (χ1) is 7.76. The van der Waals surface area contributed by atoms with E-state index in [0.717, 1.165) is 12.1 Å². The lowest BCUT2D eigenvalue weighted by Gasteiger charge is -2.02. The van der Waals surface area contributed by atoms with E-state index in [0.29, 0.717) is 17.1 Å². The molecule has 1 aromatic carbocycles. The summed E-state index contributed by atoms with van der Waals surface area (Å²) in [6, 6.07) is 7.06. The molecule has 0 radical (unpaired) electrons. The van der Waals surface area contributed by atoms with E-state index < -0.39 is 0 Å². The molecular formula is C12H14N2O2. The molecule has 0 aliphatic rings. The number of nitrogens with zero attached hydrogens (tertiary/aromatic N) is 1. The van der Waals surface area contributed by atoms with Crippen molar-refractivity contribution in [2.24, 2.45) is 0 Å². The van der Waals surface area contributed by atoms with E-state index in [1.807, 2.05) is 19.1 Å². The molecule has 0 spiro atoms. The molecule has 2 aromatic rings. The van der Waals surface area contributed by atoms with Crippen LogP contribution in [0.5, 0.6) is 5.75 Å². The smallest absolute Gasteiger partial charge is 0.132 e. The molecule has 1 aromatic heterocycles. The van der Waals surface area contributed by atoms with E-state index in [1.165, 1.54) is 0 Å². The molecule has 84 valence electrons. The standard InChI is InChI=1S/C12H14N2O2/c1-2-9-12(14-11(7-15)13-9)8-5-3-4-6-10(8)16/h3-6,15-16H,2,7H2,1H3,(H,13,14). The predicted molar refractivity (Wildman–Crippen MR) is 61.0 cm³/mol. The minimum Gasteiger partial charge on any atom is -0.507 e. The fourth-order valence-electron chi connectivity index (χ4n) is 1.69. The van der Waals surface area contributed by atoms with E-state index >= 15 is 0 Å². The van der Waals surface area contributed by atoms with Crippen molar-refractivity contribution in [3.8, 4) is 17.0 Å². The third-order valence-electron chi connectivity index (χ3n) is 2.49. The number of phenols is 1. The summed E-state index contributed by atoms with van der Waals surface area (Å²) in [5.74, 6) is 0.725. The topological polar surface area (TPSA) is 69.1 Å². The normalized spacial score (nSPS) is 10.6. The minimum absolute atomic E-state index is 0.124. The summed E-state index contributed by atoms with van der Waals surface area (Å²) in [5.41, 5.74) is 2.32. The number of hydrogen-bond donors (Lipinski definition) is 3. The van der Waals surface area contributed by atoms with Crippen LogP contribution in [0.15, 0.2) is 24.3 Å². The van der Waals surface area contributed by atoms with Gasteiger partial charge in [0.05, 0.1) is 5.69 Å². The quantitative estimate of drug-likeness (QED) is 0.736. The van der Waals surface area contributed by atoms with Crippen molar-refractivity contribution in [1.82, 2.24) is 9.97 Å². The number of nitrogens with one attached hydrogen (secondary N) is 1. The molecule has 16 heavy (non-hydrogen) atoms. The van der Waals surface area contributed by atoms with Gasteiger partial charge in [0.1, 0.15) is 18.2 Å². The first-order valence-electron chi connectivity index (χ1n) is 5.23. The van der Waals surface area contributed by atoms with Crippen molar-refractivity contribution in [3.63, 3.8) is 0 Å². The Kier molecular flexibility index (Phi) is 2.92. The van der Waals surface area contributed by atoms with Gasteiger partial charge >= 0.3 is 0 Å². The maximum Gasteiger partial charge on any atom is 0.132 e. The number of aliphatic hydroxyl groups excluding tert-OH is 1. The maximum absolute atomic E-state index is 9.75. The summed E-state index contributed by atoms with van der Waals surface area (Å²) in [5, 5.41) is 18.8.